The molecule has 2 atom stereocenters. The summed E-state index contributed by atoms with van der Waals surface area (Å²) < 4.78 is 10.7. The van der Waals surface area contributed by atoms with Crippen LogP contribution >= 0.6 is 0 Å². The third kappa shape index (κ3) is 11.5. The Morgan fingerprint density at radius 2 is 0.875 bits per heavy atom. The number of hydrogen-bond donors (Lipinski definition) is 10. The molecule has 6 fully saturated rings. The van der Waals surface area contributed by atoms with E-state index < -0.39 is 17.2 Å². The molecule has 9 aromatic rings. The van der Waals surface area contributed by atoms with Crippen molar-refractivity contribution in [3.8, 4) is 34.2 Å². The van der Waals surface area contributed by atoms with Crippen LogP contribution in [0.1, 0.15) is 202 Å². The number of nitrogens with zero attached hydrogens (tertiary/aromatic N) is 5. The monoisotopic (exact) mass is 1300 g/mol. The highest BCUT2D eigenvalue weighted by atomic mass is 16.6. The van der Waals surface area contributed by atoms with E-state index in [9.17, 15) is 29.1 Å². The number of carboxylic acid groups (broad SMARTS) is 1. The molecule has 8 heterocycles. The highest BCUT2D eigenvalue weighted by molar-refractivity contribution is 6.03. The molecule has 4 saturated carbocycles. The summed E-state index contributed by atoms with van der Waals surface area (Å²) in [6.45, 7) is 13.5. The molecular formula is C74H88N14O8. The first kappa shape index (κ1) is 62.9. The van der Waals surface area contributed by atoms with Crippen LogP contribution in [0, 0.1) is 0 Å². The topological polar surface area (TPSA) is 314 Å². The number of benzene rings is 3. The van der Waals surface area contributed by atoms with E-state index in [1.807, 2.05) is 96.5 Å². The van der Waals surface area contributed by atoms with Crippen LogP contribution < -0.4 is 16.4 Å². The predicted octanol–water partition coefficient (Wildman–Crippen LogP) is 12.7. The molecule has 6 aromatic heterocycles. The van der Waals surface area contributed by atoms with Crippen LogP contribution in [0.3, 0.4) is 0 Å². The van der Waals surface area contributed by atoms with Crippen molar-refractivity contribution in [2.24, 2.45) is 5.73 Å². The quantitative estimate of drug-likeness (QED) is 0.0769. The lowest BCUT2D eigenvalue weighted by molar-refractivity contribution is 0.0281. The van der Waals surface area contributed by atoms with Crippen LogP contribution in [0.5, 0.6) is 0 Å². The van der Waals surface area contributed by atoms with Gasteiger partial charge in [-0.2, -0.15) is 15.3 Å². The van der Waals surface area contributed by atoms with E-state index in [-0.39, 0.29) is 52.3 Å². The number of aromatic carboxylic acids is 1. The Kier molecular flexibility index (Phi) is 15.6. The van der Waals surface area contributed by atoms with Gasteiger partial charge < -0.3 is 55.7 Å². The Morgan fingerprint density at radius 1 is 0.500 bits per heavy atom. The van der Waals surface area contributed by atoms with Gasteiger partial charge in [-0.15, -0.1) is 0 Å². The zero-order valence-corrected chi connectivity index (χ0v) is 55.8. The molecule has 7 aliphatic carbocycles. The molecule has 2 aliphatic heterocycles. The molecule has 96 heavy (non-hydrogen) atoms. The lowest BCUT2D eigenvalue weighted by Gasteiger charge is -2.45. The van der Waals surface area contributed by atoms with Gasteiger partial charge in [-0.1, -0.05) is 32.1 Å². The van der Waals surface area contributed by atoms with Gasteiger partial charge in [0, 0.05) is 121 Å². The maximum atomic E-state index is 13.2. The summed E-state index contributed by atoms with van der Waals surface area (Å²) in [5.74, 6) is -0.911. The van der Waals surface area contributed by atoms with E-state index in [0.29, 0.717) is 36.8 Å². The SMILES string of the molecule is CC(C)(C)OC(=O)N1CCC(N)C1.CC(C)(C)OC(=O)N1CCC(NC(=O)c2ccc3[nH]c4c(c3c2)C2(CCC2)Cc2cn[nH]c2-4)C1.O=C(NC1CCCC1)c1ccc2[nH]c3c(c2c1)C1(CCC1)Cc1cn[nH]c1-3.O=C(O)c1ccc2[nH]c3c(c2c1)C1(CCC1)Cc1cn[nH]c1-3. The Hall–Kier alpha value is -9.18. The number of carbonyl (C=O) groups is 5. The minimum Gasteiger partial charge on any atom is -0.478 e. The number of rotatable bonds is 5. The minimum absolute atomic E-state index is 0.0689. The molecule has 22 nitrogen and oxygen atoms in total. The Bertz CT molecular complexity index is 4520. The predicted molar refractivity (Wildman–Crippen MR) is 366 cm³/mol. The van der Waals surface area contributed by atoms with Crippen molar-refractivity contribution >= 4 is 62.7 Å². The maximum Gasteiger partial charge on any atom is 0.410 e. The number of fused-ring (bicyclic) bond motifs is 18. The van der Waals surface area contributed by atoms with Crippen molar-refractivity contribution in [1.82, 2.24) is 66.0 Å². The third-order valence-electron chi connectivity index (χ3n) is 21.9. The van der Waals surface area contributed by atoms with Crippen molar-refractivity contribution in [1.29, 1.82) is 0 Å². The van der Waals surface area contributed by atoms with E-state index in [1.54, 1.807) is 15.9 Å². The number of carboxylic acids is 1. The number of H-pyrrole nitrogens is 6. The second-order valence-electron chi connectivity index (χ2n) is 30.8. The number of hydrogen-bond acceptors (Lipinski definition) is 11. The van der Waals surface area contributed by atoms with Crippen LogP contribution in [-0.2, 0) is 45.0 Å². The Morgan fingerprint density at radius 3 is 1.24 bits per heavy atom. The minimum atomic E-state index is -0.877. The fourth-order valence-corrected chi connectivity index (χ4v) is 16.9. The number of nitrogens with one attached hydrogen (secondary N) is 8. The van der Waals surface area contributed by atoms with E-state index in [1.165, 1.54) is 89.4 Å². The molecule has 9 aliphatic rings. The molecule has 18 rings (SSSR count). The average molecular weight is 1300 g/mol. The van der Waals surface area contributed by atoms with Gasteiger partial charge in [0.1, 0.15) is 11.2 Å². The number of amides is 4. The standard InChI is InChI=1S/C26H31N5O3.C22H24N4O.C17H15N3O2.C9H18N2O2/c1-25(2,3)34-24(33)31-10-7-17(14-31)28-23(32)15-5-6-19-18(11-15)20-22(29-19)21-16(13-27-30-21)12-26(20)8-4-9-26;27-21(24-15-4-1-2-5-15)13-6-7-17-16(10-13)18-20(25-17)19-14(12-23-26-19)11-22(18)8-3-9-22;21-16(22)9-2-3-12-11(6-9)13-15(19-12)14-10(8-18-20-14)7-17(13)4-1-5-17;1-9(2,3)13-8(12)11-5-4-7(10)6-11/h5-6,11,13,17,29H,4,7-10,12,14H2,1-3H3,(H,27,30)(H,28,32);6-7,10,12,15,25H,1-5,8-9,11H2,(H,23,26)(H,24,27);2-3,6,8,19H,1,4-5,7H2,(H,18,20)(H,21,22);7H,4-6,10H2,1-3H3. The van der Waals surface area contributed by atoms with Gasteiger partial charge in [0.15, 0.2) is 0 Å². The Balaban J connectivity index is 0.000000110. The lowest BCUT2D eigenvalue weighted by atomic mass is 9.58. The molecule has 4 amide bonds. The first-order chi connectivity index (χ1) is 46.0. The molecule has 502 valence electrons. The average Bonchev–Trinajstić information content (AvgIpc) is 1.52. The highest BCUT2D eigenvalue weighted by Crippen LogP contribution is 2.58. The fraction of sp³-hybridized carbons (Fsp3) is 0.486. The molecule has 2 saturated heterocycles. The van der Waals surface area contributed by atoms with Crippen LogP contribution in [0.4, 0.5) is 9.59 Å². The van der Waals surface area contributed by atoms with E-state index in [0.717, 1.165) is 139 Å². The molecule has 22 heteroatoms. The summed E-state index contributed by atoms with van der Waals surface area (Å²) in [5.41, 5.74) is 24.7. The smallest absolute Gasteiger partial charge is 0.410 e. The zero-order chi connectivity index (χ0) is 66.6. The van der Waals surface area contributed by atoms with Crippen LogP contribution in [0.15, 0.2) is 73.2 Å². The van der Waals surface area contributed by atoms with Crippen molar-refractivity contribution in [3.63, 3.8) is 0 Å². The molecule has 2 unspecified atom stereocenters. The summed E-state index contributed by atoms with van der Waals surface area (Å²) in [6, 6.07) is 17.8. The summed E-state index contributed by atoms with van der Waals surface area (Å²) in [6.07, 6.45) is 25.4. The maximum absolute atomic E-state index is 13.2. The summed E-state index contributed by atoms with van der Waals surface area (Å²) in [7, 11) is 0. The molecule has 3 spiro atoms. The summed E-state index contributed by atoms with van der Waals surface area (Å²) >= 11 is 0. The van der Waals surface area contributed by atoms with Gasteiger partial charge in [-0.25, -0.2) is 14.4 Å². The number of nitrogens with two attached hydrogens (primary N) is 1. The second kappa shape index (κ2) is 23.9. The molecule has 3 aromatic carbocycles. The zero-order valence-electron chi connectivity index (χ0n) is 55.8. The van der Waals surface area contributed by atoms with Crippen LogP contribution in [-0.4, -0.2) is 146 Å². The molecule has 0 bridgehead atoms. The van der Waals surface area contributed by atoms with E-state index in [4.69, 9.17) is 15.2 Å². The largest absolute Gasteiger partial charge is 0.478 e. The summed E-state index contributed by atoms with van der Waals surface area (Å²) in [4.78, 5) is 75.1. The molecule has 0 radical (unpaired) electrons. The first-order valence-corrected chi connectivity index (χ1v) is 34.7. The fourth-order valence-electron chi connectivity index (χ4n) is 16.9. The van der Waals surface area contributed by atoms with Crippen LogP contribution in [0.2, 0.25) is 0 Å². The van der Waals surface area contributed by atoms with E-state index in [2.05, 4.69) is 68.3 Å². The third-order valence-corrected chi connectivity index (χ3v) is 21.9. The summed E-state index contributed by atoms with van der Waals surface area (Å²) in [5, 5.41) is 41.3. The Labute approximate surface area is 556 Å². The van der Waals surface area contributed by atoms with Crippen LogP contribution in [0.25, 0.3) is 66.9 Å². The van der Waals surface area contributed by atoms with E-state index >= 15 is 0 Å². The van der Waals surface area contributed by atoms with Gasteiger partial charge in [-0.05, 0) is 196 Å². The second-order valence-corrected chi connectivity index (χ2v) is 30.8. The van der Waals surface area contributed by atoms with Gasteiger partial charge in [0.25, 0.3) is 11.8 Å². The van der Waals surface area contributed by atoms with Gasteiger partial charge in [0.05, 0.1) is 58.3 Å². The number of ether oxygens (including phenoxy) is 2. The van der Waals surface area contributed by atoms with Crippen molar-refractivity contribution in [2.45, 2.75) is 203 Å². The molecular weight excluding hydrogens is 1210 g/mol. The van der Waals surface area contributed by atoms with Crippen molar-refractivity contribution in [3.05, 3.63) is 123 Å². The number of carbonyl (C=O) groups excluding carboxylic acids is 4. The highest BCUT2D eigenvalue weighted by Gasteiger charge is 2.49. The number of likely N-dealkylation sites (tertiary alicyclic amines) is 2. The van der Waals surface area contributed by atoms with Crippen molar-refractivity contribution < 1.29 is 38.6 Å². The van der Waals surface area contributed by atoms with Gasteiger partial charge in [0.2, 0.25) is 0 Å². The first-order valence-electron chi connectivity index (χ1n) is 34.7. The van der Waals surface area contributed by atoms with Gasteiger partial charge >= 0.3 is 18.2 Å². The van der Waals surface area contributed by atoms with Gasteiger partial charge in [-0.3, -0.25) is 24.9 Å². The van der Waals surface area contributed by atoms with Crippen molar-refractivity contribution in [2.75, 3.05) is 26.2 Å². The lowest BCUT2D eigenvalue weighted by Crippen LogP contribution is -2.40. The molecule has 11 N–H and O–H groups in total. The number of aromatic amines is 6. The normalized spacial score (nSPS) is 20.4. The number of aromatic nitrogens is 9.